The number of aryl methyl sites for hydroxylation is 1. The van der Waals surface area contributed by atoms with Crippen molar-refractivity contribution in [2.24, 2.45) is 5.73 Å². The first kappa shape index (κ1) is 22.5. The zero-order valence-electron chi connectivity index (χ0n) is 19.3. The Balaban J connectivity index is 1.49. The number of aromatic nitrogens is 1. The molecule has 35 heavy (non-hydrogen) atoms. The minimum atomic E-state index is -0.588. The third-order valence-corrected chi connectivity index (χ3v) is 6.21. The molecule has 1 aliphatic heterocycles. The van der Waals surface area contributed by atoms with Crippen LogP contribution in [0.2, 0.25) is 0 Å². The van der Waals surface area contributed by atoms with Crippen molar-refractivity contribution < 1.29 is 23.4 Å². The average Bonchev–Trinajstić information content (AvgIpc) is 2.87. The van der Waals surface area contributed by atoms with Crippen LogP contribution in [-0.4, -0.2) is 25.2 Å². The van der Waals surface area contributed by atoms with E-state index >= 15 is 0 Å². The number of carbonyl (C=O) groups excluding carboxylic acids is 1. The van der Waals surface area contributed by atoms with Gasteiger partial charge >= 0.3 is 6.03 Å². The predicted octanol–water partition coefficient (Wildman–Crippen LogP) is 5.76. The number of nitrogens with zero attached hydrogens (tertiary/aromatic N) is 2. The summed E-state index contributed by atoms with van der Waals surface area (Å²) in [5.41, 5.74) is 8.78. The number of hydrogen-bond donors (Lipinski definition) is 1. The highest BCUT2D eigenvalue weighted by Gasteiger charge is 2.31. The molecule has 178 valence electrons. The lowest BCUT2D eigenvalue weighted by atomic mass is 9.91. The summed E-state index contributed by atoms with van der Waals surface area (Å²) in [7, 11) is 3.15. The van der Waals surface area contributed by atoms with Crippen LogP contribution in [0.5, 0.6) is 23.0 Å². The van der Waals surface area contributed by atoms with Crippen LogP contribution in [0.3, 0.4) is 0 Å². The molecular formula is C27H24FN3O4. The Morgan fingerprint density at radius 3 is 2.57 bits per heavy atom. The van der Waals surface area contributed by atoms with Crippen molar-refractivity contribution in [3.8, 4) is 23.0 Å². The van der Waals surface area contributed by atoms with Gasteiger partial charge in [0.15, 0.2) is 11.5 Å². The molecule has 0 spiro atoms. The zero-order valence-corrected chi connectivity index (χ0v) is 19.3. The van der Waals surface area contributed by atoms with E-state index in [1.54, 1.807) is 44.7 Å². The molecule has 0 saturated carbocycles. The summed E-state index contributed by atoms with van der Waals surface area (Å²) in [6, 6.07) is 16.3. The normalized spacial score (nSPS) is 14.9. The van der Waals surface area contributed by atoms with E-state index in [0.29, 0.717) is 52.6 Å². The molecular weight excluding hydrogens is 449 g/mol. The van der Waals surface area contributed by atoms with Gasteiger partial charge in [-0.05, 0) is 66.4 Å². The number of halogens is 1. The van der Waals surface area contributed by atoms with Crippen LogP contribution in [0, 0.1) is 5.82 Å². The second kappa shape index (κ2) is 9.13. The molecule has 0 saturated heterocycles. The summed E-state index contributed by atoms with van der Waals surface area (Å²) in [5, 5.41) is 0.771. The van der Waals surface area contributed by atoms with Crippen molar-refractivity contribution in [3.05, 3.63) is 83.8 Å². The highest BCUT2D eigenvalue weighted by atomic mass is 19.1. The lowest BCUT2D eigenvalue weighted by molar-refractivity contribution is 0.250. The zero-order chi connectivity index (χ0) is 24.5. The molecule has 5 rings (SSSR count). The van der Waals surface area contributed by atoms with Crippen molar-refractivity contribution in [1.29, 1.82) is 0 Å². The number of rotatable bonds is 5. The number of urea groups is 1. The van der Waals surface area contributed by atoms with Gasteiger partial charge in [0.25, 0.3) is 0 Å². The van der Waals surface area contributed by atoms with Gasteiger partial charge in [0.2, 0.25) is 0 Å². The maximum atomic E-state index is 13.8. The van der Waals surface area contributed by atoms with E-state index in [1.165, 1.54) is 17.0 Å². The predicted molar refractivity (Wildman–Crippen MR) is 131 cm³/mol. The largest absolute Gasteiger partial charge is 0.493 e. The Labute approximate surface area is 201 Å². The van der Waals surface area contributed by atoms with Crippen LogP contribution in [-0.2, 0) is 6.42 Å². The summed E-state index contributed by atoms with van der Waals surface area (Å²) < 4.78 is 30.9. The number of anilines is 1. The van der Waals surface area contributed by atoms with Crippen molar-refractivity contribution in [1.82, 2.24) is 4.98 Å². The number of pyridine rings is 1. The molecule has 2 N–H and O–H groups in total. The Hall–Kier alpha value is -4.33. The van der Waals surface area contributed by atoms with E-state index in [0.717, 1.165) is 10.9 Å². The minimum Gasteiger partial charge on any atom is -0.493 e. The van der Waals surface area contributed by atoms with Gasteiger partial charge in [-0.25, -0.2) is 9.18 Å². The summed E-state index contributed by atoms with van der Waals surface area (Å²) in [6.45, 7) is 0. The molecule has 3 aromatic carbocycles. The fourth-order valence-electron chi connectivity index (χ4n) is 4.62. The summed E-state index contributed by atoms with van der Waals surface area (Å²) in [6.07, 6.45) is 2.96. The maximum absolute atomic E-state index is 13.8. The Bertz CT molecular complexity index is 1430. The van der Waals surface area contributed by atoms with Crippen molar-refractivity contribution in [2.75, 3.05) is 19.1 Å². The fraction of sp³-hybridized carbons (Fsp3) is 0.185. The molecule has 1 atom stereocenters. The molecule has 8 heteroatoms. The number of nitrogens with two attached hydrogens (primary N) is 1. The van der Waals surface area contributed by atoms with E-state index < -0.39 is 6.03 Å². The first-order valence-corrected chi connectivity index (χ1v) is 11.1. The third kappa shape index (κ3) is 4.19. The molecule has 2 heterocycles. The number of carbonyl (C=O) groups is 1. The van der Waals surface area contributed by atoms with Gasteiger partial charge in [-0.2, -0.15) is 0 Å². The lowest BCUT2D eigenvalue weighted by Gasteiger charge is -2.36. The number of primary amides is 1. The molecule has 0 fully saturated rings. The standard InChI is InChI=1S/C27H24FN3O4/c1-33-25-14-20-21(15-26(25)34-2)30-11-10-24(20)35-19-7-9-23-17(13-19)6-8-22(31(23)27(29)32)16-4-3-5-18(28)12-16/h3-5,7,9-15,22H,6,8H2,1-2H3,(H2,29,32). The maximum Gasteiger partial charge on any atom is 0.319 e. The van der Waals surface area contributed by atoms with Crippen LogP contribution in [0.1, 0.15) is 23.6 Å². The second-order valence-corrected chi connectivity index (χ2v) is 8.24. The Kier molecular flexibility index (Phi) is 5.86. The highest BCUT2D eigenvalue weighted by Crippen LogP contribution is 2.42. The first-order chi connectivity index (χ1) is 17.0. The van der Waals surface area contributed by atoms with E-state index in [9.17, 15) is 9.18 Å². The molecule has 0 bridgehead atoms. The summed E-state index contributed by atoms with van der Waals surface area (Å²) in [5.74, 6) is 2.03. The number of fused-ring (bicyclic) bond motifs is 2. The van der Waals surface area contributed by atoms with Crippen molar-refractivity contribution in [3.63, 3.8) is 0 Å². The molecule has 1 aliphatic rings. The number of hydrogen-bond acceptors (Lipinski definition) is 5. The van der Waals surface area contributed by atoms with E-state index in [4.69, 9.17) is 19.9 Å². The van der Waals surface area contributed by atoms with Gasteiger partial charge in [0.05, 0.1) is 25.8 Å². The molecule has 0 radical (unpaired) electrons. The quantitative estimate of drug-likeness (QED) is 0.398. The van der Waals surface area contributed by atoms with Gasteiger partial charge in [-0.1, -0.05) is 12.1 Å². The van der Waals surface area contributed by atoms with Crippen molar-refractivity contribution in [2.45, 2.75) is 18.9 Å². The fourth-order valence-corrected chi connectivity index (χ4v) is 4.62. The summed E-state index contributed by atoms with van der Waals surface area (Å²) in [4.78, 5) is 18.3. The van der Waals surface area contributed by atoms with Gasteiger partial charge in [0.1, 0.15) is 17.3 Å². The van der Waals surface area contributed by atoms with Crippen LogP contribution >= 0.6 is 0 Å². The van der Waals surface area contributed by atoms with Crippen LogP contribution in [0.4, 0.5) is 14.9 Å². The molecule has 2 amide bonds. The SMILES string of the molecule is COc1cc2nccc(Oc3ccc4c(c3)CCC(c3cccc(F)c3)N4C(N)=O)c2cc1OC. The Morgan fingerprint density at radius 1 is 1.03 bits per heavy atom. The summed E-state index contributed by atoms with van der Waals surface area (Å²) >= 11 is 0. The van der Waals surface area contributed by atoms with Gasteiger partial charge < -0.3 is 19.9 Å². The number of ether oxygens (including phenoxy) is 3. The van der Waals surface area contributed by atoms with Gasteiger partial charge in [0, 0.05) is 23.3 Å². The van der Waals surface area contributed by atoms with Crippen molar-refractivity contribution >= 4 is 22.6 Å². The van der Waals surface area contributed by atoms with Crippen LogP contribution in [0.15, 0.2) is 66.9 Å². The monoisotopic (exact) mass is 473 g/mol. The lowest BCUT2D eigenvalue weighted by Crippen LogP contribution is -2.41. The number of methoxy groups -OCH3 is 2. The van der Waals surface area contributed by atoms with Crippen LogP contribution < -0.4 is 24.8 Å². The van der Waals surface area contributed by atoms with E-state index in [-0.39, 0.29) is 11.9 Å². The van der Waals surface area contributed by atoms with Gasteiger partial charge in [-0.3, -0.25) is 9.88 Å². The highest BCUT2D eigenvalue weighted by molar-refractivity contribution is 5.93. The van der Waals surface area contributed by atoms with Gasteiger partial charge in [-0.15, -0.1) is 0 Å². The Morgan fingerprint density at radius 2 is 1.83 bits per heavy atom. The smallest absolute Gasteiger partial charge is 0.319 e. The molecule has 4 aromatic rings. The minimum absolute atomic E-state index is 0.339. The third-order valence-electron chi connectivity index (χ3n) is 6.21. The second-order valence-electron chi connectivity index (χ2n) is 8.24. The number of amides is 2. The molecule has 0 aliphatic carbocycles. The molecule has 1 aromatic heterocycles. The van der Waals surface area contributed by atoms with E-state index in [2.05, 4.69) is 4.98 Å². The van der Waals surface area contributed by atoms with E-state index in [1.807, 2.05) is 24.3 Å². The van der Waals surface area contributed by atoms with Crippen LogP contribution in [0.25, 0.3) is 10.9 Å². The molecule has 1 unspecified atom stereocenters. The topological polar surface area (TPSA) is 86.9 Å². The first-order valence-electron chi connectivity index (χ1n) is 11.1. The average molecular weight is 474 g/mol. The number of benzene rings is 3. The molecule has 7 nitrogen and oxygen atoms in total.